The molecule has 106 valence electrons. The van der Waals surface area contributed by atoms with Crippen LogP contribution in [0.5, 0.6) is 0 Å². The van der Waals surface area contributed by atoms with Gasteiger partial charge in [-0.1, -0.05) is 11.6 Å². The van der Waals surface area contributed by atoms with E-state index < -0.39 is 5.82 Å². The Kier molecular flexibility index (Phi) is 3.14. The first-order valence-electron chi connectivity index (χ1n) is 6.17. The quantitative estimate of drug-likeness (QED) is 0.662. The van der Waals surface area contributed by atoms with Gasteiger partial charge in [-0.25, -0.2) is 4.39 Å². The van der Waals surface area contributed by atoms with E-state index in [2.05, 4.69) is 5.32 Å². The van der Waals surface area contributed by atoms with Crippen molar-refractivity contribution in [2.24, 2.45) is 0 Å². The highest BCUT2D eigenvalue weighted by Crippen LogP contribution is 2.31. The fraction of sp³-hybridized carbons (Fsp3) is 0.0667. The average molecular weight is 305 g/mol. The van der Waals surface area contributed by atoms with Crippen LogP contribution in [0.2, 0.25) is 5.02 Å². The highest BCUT2D eigenvalue weighted by Gasteiger charge is 2.22. The number of halogens is 2. The fourth-order valence-electron chi connectivity index (χ4n) is 2.26. The van der Waals surface area contributed by atoms with Crippen LogP contribution in [0.25, 0.3) is 0 Å². The fourth-order valence-corrected chi connectivity index (χ4v) is 2.51. The van der Waals surface area contributed by atoms with Crippen molar-refractivity contribution >= 4 is 34.7 Å². The van der Waals surface area contributed by atoms with Gasteiger partial charge < -0.3 is 11.1 Å². The number of carbonyl (C=O) groups is 2. The van der Waals surface area contributed by atoms with Gasteiger partial charge in [-0.3, -0.25) is 9.59 Å². The molecular weight excluding hydrogens is 295 g/mol. The molecular formula is C15H10ClFN2O2. The van der Waals surface area contributed by atoms with E-state index in [4.69, 9.17) is 17.3 Å². The summed E-state index contributed by atoms with van der Waals surface area (Å²) < 4.78 is 13.2. The number of ketones is 1. The minimum Gasteiger partial charge on any atom is -0.396 e. The molecule has 0 spiro atoms. The van der Waals surface area contributed by atoms with Gasteiger partial charge in [0.1, 0.15) is 5.82 Å². The molecule has 2 aromatic carbocycles. The Morgan fingerprint density at radius 3 is 2.76 bits per heavy atom. The van der Waals surface area contributed by atoms with Crippen LogP contribution in [-0.2, 0) is 11.2 Å². The van der Waals surface area contributed by atoms with Gasteiger partial charge in [0.05, 0.1) is 17.1 Å². The number of anilines is 2. The predicted molar refractivity (Wildman–Crippen MR) is 78.0 cm³/mol. The summed E-state index contributed by atoms with van der Waals surface area (Å²) in [7, 11) is 0. The summed E-state index contributed by atoms with van der Waals surface area (Å²) in [6.45, 7) is 0. The Labute approximate surface area is 124 Å². The molecule has 0 saturated carbocycles. The molecule has 0 saturated heterocycles. The van der Waals surface area contributed by atoms with Crippen molar-refractivity contribution < 1.29 is 14.0 Å². The van der Waals surface area contributed by atoms with Crippen molar-refractivity contribution in [3.05, 3.63) is 57.9 Å². The Morgan fingerprint density at radius 1 is 1.29 bits per heavy atom. The molecule has 0 unspecified atom stereocenters. The first kappa shape index (κ1) is 13.6. The number of nitrogen functional groups attached to an aromatic ring is 1. The van der Waals surface area contributed by atoms with Gasteiger partial charge >= 0.3 is 0 Å². The number of amides is 1. The van der Waals surface area contributed by atoms with Gasteiger partial charge in [-0.05, 0) is 35.9 Å². The molecule has 2 aromatic rings. The molecule has 6 heteroatoms. The molecule has 0 radical (unpaired) electrons. The average Bonchev–Trinajstić information content (AvgIpc) is 2.79. The van der Waals surface area contributed by atoms with Crippen molar-refractivity contribution in [2.75, 3.05) is 11.1 Å². The van der Waals surface area contributed by atoms with Crippen LogP contribution in [0.4, 0.5) is 15.8 Å². The topological polar surface area (TPSA) is 72.2 Å². The SMILES string of the molecule is Nc1cc(C(=O)c2cc3c(cc2Cl)NC(=O)C3)ccc1F. The second-order valence-corrected chi connectivity index (χ2v) is 5.19. The van der Waals surface area contributed by atoms with E-state index >= 15 is 0 Å². The van der Waals surface area contributed by atoms with E-state index in [1.807, 2.05) is 0 Å². The maximum Gasteiger partial charge on any atom is 0.228 e. The molecule has 21 heavy (non-hydrogen) atoms. The predicted octanol–water partition coefficient (Wildman–Crippen LogP) is 2.79. The lowest BCUT2D eigenvalue weighted by Crippen LogP contribution is -2.05. The zero-order valence-electron chi connectivity index (χ0n) is 10.7. The minimum atomic E-state index is -0.582. The van der Waals surface area contributed by atoms with E-state index in [-0.39, 0.29) is 39.9 Å². The Bertz CT molecular complexity index is 789. The van der Waals surface area contributed by atoms with Gasteiger partial charge in [-0.2, -0.15) is 0 Å². The summed E-state index contributed by atoms with van der Waals surface area (Å²) in [5, 5.41) is 2.88. The highest BCUT2D eigenvalue weighted by atomic mass is 35.5. The van der Waals surface area contributed by atoms with Crippen molar-refractivity contribution in [3.63, 3.8) is 0 Å². The van der Waals surface area contributed by atoms with Gasteiger partial charge in [0, 0.05) is 16.8 Å². The third-order valence-corrected chi connectivity index (χ3v) is 3.63. The standard InChI is InChI=1S/C15H10ClFN2O2/c16-10-6-13-8(5-14(20)19-13)3-9(10)15(21)7-1-2-11(17)12(18)4-7/h1-4,6H,5,18H2,(H,19,20). The Balaban J connectivity index is 2.04. The molecule has 0 bridgehead atoms. The maximum absolute atomic E-state index is 13.2. The molecule has 0 fully saturated rings. The highest BCUT2D eigenvalue weighted by molar-refractivity contribution is 6.35. The molecule has 1 aliphatic rings. The number of hydrogen-bond acceptors (Lipinski definition) is 3. The molecule has 3 rings (SSSR count). The van der Waals surface area contributed by atoms with Crippen LogP contribution in [0.15, 0.2) is 30.3 Å². The molecule has 0 aliphatic carbocycles. The lowest BCUT2D eigenvalue weighted by molar-refractivity contribution is -0.115. The number of nitrogens with one attached hydrogen (secondary N) is 1. The molecule has 0 atom stereocenters. The van der Waals surface area contributed by atoms with E-state index in [0.717, 1.165) is 6.07 Å². The van der Waals surface area contributed by atoms with Crippen molar-refractivity contribution in [1.29, 1.82) is 0 Å². The van der Waals surface area contributed by atoms with Gasteiger partial charge in [-0.15, -0.1) is 0 Å². The Morgan fingerprint density at radius 2 is 2.05 bits per heavy atom. The van der Waals surface area contributed by atoms with Crippen LogP contribution in [-0.4, -0.2) is 11.7 Å². The second kappa shape index (κ2) is 4.86. The zero-order valence-corrected chi connectivity index (χ0v) is 11.5. The van der Waals surface area contributed by atoms with E-state index in [1.165, 1.54) is 12.1 Å². The van der Waals surface area contributed by atoms with Gasteiger partial charge in [0.2, 0.25) is 5.91 Å². The lowest BCUT2D eigenvalue weighted by atomic mass is 9.99. The summed E-state index contributed by atoms with van der Waals surface area (Å²) in [6, 6.07) is 6.87. The number of hydrogen-bond donors (Lipinski definition) is 2. The van der Waals surface area contributed by atoms with Gasteiger partial charge in [0.15, 0.2) is 5.78 Å². The molecule has 0 aromatic heterocycles. The Hall–Kier alpha value is -2.40. The van der Waals surface area contributed by atoms with Crippen molar-refractivity contribution in [2.45, 2.75) is 6.42 Å². The van der Waals surface area contributed by atoms with E-state index in [9.17, 15) is 14.0 Å². The molecule has 4 nitrogen and oxygen atoms in total. The van der Waals surface area contributed by atoms with Crippen LogP contribution in [0, 0.1) is 5.82 Å². The van der Waals surface area contributed by atoms with Gasteiger partial charge in [0.25, 0.3) is 0 Å². The molecule has 1 amide bonds. The first-order chi connectivity index (χ1) is 9.95. The number of nitrogens with two attached hydrogens (primary N) is 1. The molecule has 3 N–H and O–H groups in total. The third-order valence-electron chi connectivity index (χ3n) is 3.32. The number of fused-ring (bicyclic) bond motifs is 1. The van der Waals surface area contributed by atoms with E-state index in [0.29, 0.717) is 11.3 Å². The molecule has 1 aliphatic heterocycles. The largest absolute Gasteiger partial charge is 0.396 e. The number of carbonyl (C=O) groups excluding carboxylic acids is 2. The molecule has 1 heterocycles. The summed E-state index contributed by atoms with van der Waals surface area (Å²) in [5.74, 6) is -1.09. The van der Waals surface area contributed by atoms with Crippen LogP contribution < -0.4 is 11.1 Å². The summed E-state index contributed by atoms with van der Waals surface area (Å²) >= 11 is 6.09. The summed E-state index contributed by atoms with van der Waals surface area (Å²) in [6.07, 6.45) is 0.207. The number of rotatable bonds is 2. The monoisotopic (exact) mass is 304 g/mol. The van der Waals surface area contributed by atoms with Crippen molar-refractivity contribution in [3.8, 4) is 0 Å². The van der Waals surface area contributed by atoms with E-state index in [1.54, 1.807) is 12.1 Å². The van der Waals surface area contributed by atoms with Crippen molar-refractivity contribution in [1.82, 2.24) is 0 Å². The third kappa shape index (κ3) is 2.36. The first-order valence-corrected chi connectivity index (χ1v) is 6.55. The minimum absolute atomic E-state index is 0.102. The maximum atomic E-state index is 13.2. The second-order valence-electron chi connectivity index (χ2n) is 4.78. The normalized spacial score (nSPS) is 13.0. The number of benzene rings is 2. The summed E-state index contributed by atoms with van der Waals surface area (Å²) in [4.78, 5) is 23.8. The van der Waals surface area contributed by atoms with Crippen LogP contribution >= 0.6 is 11.6 Å². The van der Waals surface area contributed by atoms with Crippen LogP contribution in [0.3, 0.4) is 0 Å². The van der Waals surface area contributed by atoms with Crippen LogP contribution in [0.1, 0.15) is 21.5 Å². The lowest BCUT2D eigenvalue weighted by Gasteiger charge is -2.08. The zero-order chi connectivity index (χ0) is 15.1. The summed E-state index contributed by atoms with van der Waals surface area (Å²) in [5.41, 5.74) is 7.19. The smallest absolute Gasteiger partial charge is 0.228 e.